The summed E-state index contributed by atoms with van der Waals surface area (Å²) >= 11 is 0. The zero-order valence-corrected chi connectivity index (χ0v) is 11.4. The maximum atomic E-state index is 12.4. The van der Waals surface area contributed by atoms with Gasteiger partial charge in [0.15, 0.2) is 0 Å². The minimum absolute atomic E-state index is 0.0361. The number of piperazine rings is 1. The van der Waals surface area contributed by atoms with Gasteiger partial charge in [-0.2, -0.15) is 0 Å². The lowest BCUT2D eigenvalue weighted by Crippen LogP contribution is -2.68. The maximum absolute atomic E-state index is 12.4. The van der Waals surface area contributed by atoms with Crippen LogP contribution in [0.1, 0.15) is 33.6 Å². The first kappa shape index (κ1) is 13.3. The van der Waals surface area contributed by atoms with Crippen molar-refractivity contribution in [3.05, 3.63) is 0 Å². The molecule has 2 amide bonds. The van der Waals surface area contributed by atoms with Crippen molar-refractivity contribution in [1.82, 2.24) is 10.2 Å². The van der Waals surface area contributed by atoms with Gasteiger partial charge in [0.25, 0.3) is 0 Å². The Kier molecular flexibility index (Phi) is 3.61. The van der Waals surface area contributed by atoms with Gasteiger partial charge in [0.1, 0.15) is 11.6 Å². The predicted octanol–water partition coefficient (Wildman–Crippen LogP) is 0.538. The standard InChI is InChI=1S/C13H22N2O3/c1-4-10-11(16)15(7-9-5-6-18-8-9)13(2,3)12(17)14-10/h9-10H,4-8H2,1-3H3,(H,14,17). The summed E-state index contributed by atoms with van der Waals surface area (Å²) in [5.41, 5.74) is -0.759. The first-order valence-electron chi connectivity index (χ1n) is 6.67. The van der Waals surface area contributed by atoms with Crippen molar-refractivity contribution in [2.24, 2.45) is 5.92 Å². The molecule has 18 heavy (non-hydrogen) atoms. The lowest BCUT2D eigenvalue weighted by molar-refractivity contribution is -0.156. The Morgan fingerprint density at radius 2 is 2.17 bits per heavy atom. The predicted molar refractivity (Wildman–Crippen MR) is 66.9 cm³/mol. The third kappa shape index (κ3) is 2.23. The second-order valence-electron chi connectivity index (χ2n) is 5.67. The highest BCUT2D eigenvalue weighted by Crippen LogP contribution is 2.25. The van der Waals surface area contributed by atoms with Crippen molar-refractivity contribution in [1.29, 1.82) is 0 Å². The number of hydrogen-bond acceptors (Lipinski definition) is 3. The van der Waals surface area contributed by atoms with Gasteiger partial charge >= 0.3 is 0 Å². The molecule has 2 unspecified atom stereocenters. The lowest BCUT2D eigenvalue weighted by Gasteiger charge is -2.45. The summed E-state index contributed by atoms with van der Waals surface area (Å²) in [7, 11) is 0. The van der Waals surface area contributed by atoms with E-state index in [1.807, 2.05) is 20.8 Å². The van der Waals surface area contributed by atoms with E-state index in [0.29, 0.717) is 25.5 Å². The van der Waals surface area contributed by atoms with Gasteiger partial charge in [-0.1, -0.05) is 6.92 Å². The summed E-state index contributed by atoms with van der Waals surface area (Å²) in [6.45, 7) is 7.60. The van der Waals surface area contributed by atoms with Gasteiger partial charge in [-0.05, 0) is 26.7 Å². The van der Waals surface area contributed by atoms with Crippen molar-refractivity contribution >= 4 is 11.8 Å². The Hall–Kier alpha value is -1.10. The topological polar surface area (TPSA) is 58.6 Å². The average Bonchev–Trinajstić information content (AvgIpc) is 2.82. The number of carbonyl (C=O) groups excluding carboxylic acids is 2. The number of rotatable bonds is 3. The van der Waals surface area contributed by atoms with Crippen molar-refractivity contribution < 1.29 is 14.3 Å². The van der Waals surface area contributed by atoms with E-state index in [2.05, 4.69) is 5.32 Å². The van der Waals surface area contributed by atoms with Gasteiger partial charge in [-0.15, -0.1) is 0 Å². The average molecular weight is 254 g/mol. The second kappa shape index (κ2) is 4.88. The van der Waals surface area contributed by atoms with E-state index in [-0.39, 0.29) is 17.9 Å². The fourth-order valence-electron chi connectivity index (χ4n) is 2.56. The highest BCUT2D eigenvalue weighted by Gasteiger charge is 2.46. The van der Waals surface area contributed by atoms with Gasteiger partial charge in [0.05, 0.1) is 6.61 Å². The third-order valence-electron chi connectivity index (χ3n) is 3.97. The minimum Gasteiger partial charge on any atom is -0.381 e. The third-order valence-corrected chi connectivity index (χ3v) is 3.97. The first-order valence-corrected chi connectivity index (χ1v) is 6.67. The van der Waals surface area contributed by atoms with Crippen LogP contribution in [0, 0.1) is 5.92 Å². The van der Waals surface area contributed by atoms with Crippen molar-refractivity contribution in [2.45, 2.75) is 45.2 Å². The summed E-state index contributed by atoms with van der Waals surface area (Å²) in [4.78, 5) is 26.2. The number of hydrogen-bond donors (Lipinski definition) is 1. The van der Waals surface area contributed by atoms with Crippen LogP contribution in [0.3, 0.4) is 0 Å². The highest BCUT2D eigenvalue weighted by molar-refractivity contribution is 5.99. The largest absolute Gasteiger partial charge is 0.381 e. The van der Waals surface area contributed by atoms with E-state index < -0.39 is 5.54 Å². The van der Waals surface area contributed by atoms with Crippen LogP contribution in [0.4, 0.5) is 0 Å². The number of nitrogens with zero attached hydrogens (tertiary/aromatic N) is 1. The Morgan fingerprint density at radius 1 is 1.44 bits per heavy atom. The minimum atomic E-state index is -0.759. The zero-order valence-electron chi connectivity index (χ0n) is 11.4. The quantitative estimate of drug-likeness (QED) is 0.799. The molecule has 2 aliphatic rings. The molecule has 0 aliphatic carbocycles. The smallest absolute Gasteiger partial charge is 0.246 e. The monoisotopic (exact) mass is 254 g/mol. The number of amides is 2. The van der Waals surface area contributed by atoms with Gasteiger partial charge in [0.2, 0.25) is 11.8 Å². The van der Waals surface area contributed by atoms with E-state index >= 15 is 0 Å². The molecule has 2 saturated heterocycles. The molecule has 0 aromatic rings. The Morgan fingerprint density at radius 3 is 2.72 bits per heavy atom. The summed E-state index contributed by atoms with van der Waals surface area (Å²) in [5.74, 6) is 0.332. The molecule has 102 valence electrons. The number of carbonyl (C=O) groups is 2. The van der Waals surface area contributed by atoms with Crippen LogP contribution >= 0.6 is 0 Å². The van der Waals surface area contributed by atoms with Gasteiger partial charge in [-0.3, -0.25) is 9.59 Å². The summed E-state index contributed by atoms with van der Waals surface area (Å²) in [6, 6.07) is -0.368. The summed E-state index contributed by atoms with van der Waals surface area (Å²) in [6.07, 6.45) is 1.61. The normalized spacial score (nSPS) is 31.6. The summed E-state index contributed by atoms with van der Waals surface area (Å²) < 4.78 is 5.34. The molecule has 5 nitrogen and oxygen atoms in total. The molecule has 2 atom stereocenters. The molecule has 0 aromatic heterocycles. The van der Waals surface area contributed by atoms with Crippen LogP contribution in [-0.4, -0.2) is 48.1 Å². The Bertz CT molecular complexity index is 348. The summed E-state index contributed by atoms with van der Waals surface area (Å²) in [5, 5.41) is 2.80. The van der Waals surface area contributed by atoms with Crippen LogP contribution in [0.2, 0.25) is 0 Å². The van der Waals surface area contributed by atoms with E-state index in [0.717, 1.165) is 13.0 Å². The van der Waals surface area contributed by atoms with Crippen LogP contribution in [0.25, 0.3) is 0 Å². The van der Waals surface area contributed by atoms with E-state index in [9.17, 15) is 9.59 Å². The number of nitrogens with one attached hydrogen (secondary N) is 1. The van der Waals surface area contributed by atoms with Crippen molar-refractivity contribution in [2.75, 3.05) is 19.8 Å². The van der Waals surface area contributed by atoms with Crippen LogP contribution < -0.4 is 5.32 Å². The van der Waals surface area contributed by atoms with E-state index in [1.54, 1.807) is 4.90 Å². The van der Waals surface area contributed by atoms with Gasteiger partial charge in [0, 0.05) is 19.1 Å². The fourth-order valence-corrected chi connectivity index (χ4v) is 2.56. The molecule has 0 aromatic carbocycles. The molecule has 0 radical (unpaired) electrons. The molecule has 0 spiro atoms. The van der Waals surface area contributed by atoms with Crippen molar-refractivity contribution in [3.63, 3.8) is 0 Å². The molecular weight excluding hydrogens is 232 g/mol. The SMILES string of the molecule is CCC1NC(=O)C(C)(C)N(CC2CCOC2)C1=O. The van der Waals surface area contributed by atoms with Crippen LogP contribution in [0.5, 0.6) is 0 Å². The second-order valence-corrected chi connectivity index (χ2v) is 5.67. The number of ether oxygens (including phenoxy) is 1. The van der Waals surface area contributed by atoms with Crippen molar-refractivity contribution in [3.8, 4) is 0 Å². The Balaban J connectivity index is 2.15. The van der Waals surface area contributed by atoms with Gasteiger partial charge < -0.3 is 15.0 Å². The molecule has 2 heterocycles. The van der Waals surface area contributed by atoms with E-state index in [1.165, 1.54) is 0 Å². The zero-order chi connectivity index (χ0) is 13.3. The highest BCUT2D eigenvalue weighted by atomic mass is 16.5. The van der Waals surface area contributed by atoms with Crippen LogP contribution in [-0.2, 0) is 14.3 Å². The Labute approximate surface area is 108 Å². The fraction of sp³-hybridized carbons (Fsp3) is 0.846. The molecule has 0 saturated carbocycles. The first-order chi connectivity index (χ1) is 8.46. The molecular formula is C13H22N2O3. The molecule has 1 N–H and O–H groups in total. The molecule has 2 fully saturated rings. The molecule has 0 bridgehead atoms. The molecule has 2 aliphatic heterocycles. The van der Waals surface area contributed by atoms with Crippen LogP contribution in [0.15, 0.2) is 0 Å². The molecule has 2 rings (SSSR count). The lowest BCUT2D eigenvalue weighted by atomic mass is 9.93. The van der Waals surface area contributed by atoms with E-state index in [4.69, 9.17) is 4.74 Å². The van der Waals surface area contributed by atoms with Gasteiger partial charge in [-0.25, -0.2) is 0 Å². The maximum Gasteiger partial charge on any atom is 0.246 e. The molecule has 5 heteroatoms.